The molecule has 0 amide bonds. The standard InChI is InChI=1S/C13H16N2S2.C4H9NO/c1-2-6-10(7-3-1)15-17-13-14-11-8-4-5-9-12(11)16-13;1-3-4(2)5-6/h4-5,8-10,15H,1-3,6-7H2;6H,3H2,1-2H3. The Bertz CT molecular complexity index is 588. The summed E-state index contributed by atoms with van der Waals surface area (Å²) in [6.45, 7) is 3.72. The summed E-state index contributed by atoms with van der Waals surface area (Å²) in [5, 5.41) is 10.8. The lowest BCUT2D eigenvalue weighted by molar-refractivity contribution is 0.317. The van der Waals surface area contributed by atoms with Crippen LogP contribution in [0.25, 0.3) is 10.2 Å². The monoisotopic (exact) mass is 351 g/mol. The molecule has 1 aliphatic carbocycles. The molecule has 0 unspecified atom stereocenters. The molecular weight excluding hydrogens is 326 g/mol. The van der Waals surface area contributed by atoms with Crippen LogP contribution >= 0.6 is 23.3 Å². The number of fused-ring (bicyclic) bond motifs is 1. The Morgan fingerprint density at radius 1 is 1.35 bits per heavy atom. The first-order valence-corrected chi connectivity index (χ1v) is 9.81. The maximum absolute atomic E-state index is 7.92. The highest BCUT2D eigenvalue weighted by Gasteiger charge is 2.13. The molecule has 0 bridgehead atoms. The maximum Gasteiger partial charge on any atom is 0.166 e. The fourth-order valence-electron chi connectivity index (χ4n) is 2.32. The summed E-state index contributed by atoms with van der Waals surface area (Å²) in [7, 11) is 0. The van der Waals surface area contributed by atoms with E-state index in [2.05, 4.69) is 33.1 Å². The lowest BCUT2D eigenvalue weighted by Crippen LogP contribution is -2.25. The molecule has 0 radical (unpaired) electrons. The predicted molar refractivity (Wildman–Crippen MR) is 101 cm³/mol. The zero-order valence-electron chi connectivity index (χ0n) is 13.8. The Labute approximate surface area is 146 Å². The van der Waals surface area contributed by atoms with Crippen molar-refractivity contribution in [3.05, 3.63) is 24.3 Å². The number of para-hydroxylation sites is 1. The zero-order valence-corrected chi connectivity index (χ0v) is 15.4. The first-order chi connectivity index (χ1) is 11.2. The topological polar surface area (TPSA) is 57.5 Å². The van der Waals surface area contributed by atoms with Gasteiger partial charge in [-0.3, -0.25) is 4.72 Å². The molecule has 0 aliphatic heterocycles. The summed E-state index contributed by atoms with van der Waals surface area (Å²) in [4.78, 5) is 4.62. The number of rotatable bonds is 4. The van der Waals surface area contributed by atoms with Crippen LogP contribution in [0.5, 0.6) is 0 Å². The minimum absolute atomic E-state index is 0.681. The molecule has 1 aromatic heterocycles. The number of oxime groups is 1. The number of hydrogen-bond donors (Lipinski definition) is 2. The van der Waals surface area contributed by atoms with Gasteiger partial charge >= 0.3 is 0 Å². The smallest absolute Gasteiger partial charge is 0.166 e. The molecule has 3 rings (SSSR count). The van der Waals surface area contributed by atoms with Crippen LogP contribution in [0.3, 0.4) is 0 Å². The minimum atomic E-state index is 0.681. The summed E-state index contributed by atoms with van der Waals surface area (Å²) < 4.78 is 5.98. The second kappa shape index (κ2) is 9.90. The van der Waals surface area contributed by atoms with E-state index in [1.54, 1.807) is 30.2 Å². The van der Waals surface area contributed by atoms with Crippen molar-refractivity contribution in [2.75, 3.05) is 0 Å². The van der Waals surface area contributed by atoms with Crippen molar-refractivity contribution in [2.24, 2.45) is 5.16 Å². The number of hydrogen-bond acceptors (Lipinski definition) is 6. The van der Waals surface area contributed by atoms with E-state index in [0.29, 0.717) is 6.04 Å². The van der Waals surface area contributed by atoms with Crippen LogP contribution in [0.1, 0.15) is 52.4 Å². The third-order valence-corrected chi connectivity index (χ3v) is 5.92. The lowest BCUT2D eigenvalue weighted by atomic mass is 9.96. The number of benzene rings is 1. The molecule has 23 heavy (non-hydrogen) atoms. The van der Waals surface area contributed by atoms with Gasteiger partial charge in [0.05, 0.1) is 15.9 Å². The number of nitrogens with zero attached hydrogens (tertiary/aromatic N) is 2. The molecule has 0 saturated heterocycles. The van der Waals surface area contributed by atoms with Gasteiger partial charge in [0.15, 0.2) is 4.34 Å². The van der Waals surface area contributed by atoms with E-state index in [0.717, 1.165) is 22.0 Å². The molecule has 4 nitrogen and oxygen atoms in total. The molecule has 1 heterocycles. The number of nitrogens with one attached hydrogen (secondary N) is 1. The SMILES string of the molecule is CCC(C)=NO.c1ccc2sc(SNC3CCCCC3)nc2c1. The summed E-state index contributed by atoms with van der Waals surface area (Å²) in [6.07, 6.45) is 7.62. The van der Waals surface area contributed by atoms with Crippen LogP contribution in [-0.4, -0.2) is 21.9 Å². The Morgan fingerprint density at radius 2 is 2.09 bits per heavy atom. The van der Waals surface area contributed by atoms with Gasteiger partial charge in [-0.1, -0.05) is 43.5 Å². The Balaban J connectivity index is 0.000000277. The highest BCUT2D eigenvalue weighted by molar-refractivity contribution is 7.99. The van der Waals surface area contributed by atoms with Crippen molar-refractivity contribution in [3.8, 4) is 0 Å². The first kappa shape index (κ1) is 18.2. The molecule has 2 aromatic rings. The van der Waals surface area contributed by atoms with E-state index in [4.69, 9.17) is 5.21 Å². The highest BCUT2D eigenvalue weighted by Crippen LogP contribution is 2.29. The van der Waals surface area contributed by atoms with E-state index >= 15 is 0 Å². The van der Waals surface area contributed by atoms with Gasteiger partial charge in [-0.25, -0.2) is 4.98 Å². The third kappa shape index (κ3) is 6.12. The second-order valence-corrected chi connectivity index (χ2v) is 7.81. The van der Waals surface area contributed by atoms with Crippen LogP contribution < -0.4 is 4.72 Å². The molecule has 126 valence electrons. The van der Waals surface area contributed by atoms with Crippen molar-refractivity contribution in [1.82, 2.24) is 9.71 Å². The summed E-state index contributed by atoms with van der Waals surface area (Å²) >= 11 is 3.49. The highest BCUT2D eigenvalue weighted by atomic mass is 32.2. The fourth-order valence-corrected chi connectivity index (χ4v) is 4.24. The van der Waals surface area contributed by atoms with E-state index in [9.17, 15) is 0 Å². The largest absolute Gasteiger partial charge is 0.411 e. The minimum Gasteiger partial charge on any atom is -0.411 e. The molecule has 6 heteroatoms. The predicted octanol–water partition coefficient (Wildman–Crippen LogP) is 5.47. The van der Waals surface area contributed by atoms with E-state index < -0.39 is 0 Å². The van der Waals surface area contributed by atoms with Crippen molar-refractivity contribution < 1.29 is 5.21 Å². The van der Waals surface area contributed by atoms with Gasteiger partial charge in [-0.05, 0) is 50.3 Å². The van der Waals surface area contributed by atoms with Gasteiger partial charge in [0, 0.05) is 6.04 Å². The lowest BCUT2D eigenvalue weighted by Gasteiger charge is -2.21. The molecule has 0 atom stereocenters. The van der Waals surface area contributed by atoms with E-state index in [1.807, 2.05) is 13.0 Å². The first-order valence-electron chi connectivity index (χ1n) is 8.18. The summed E-state index contributed by atoms with van der Waals surface area (Å²) in [5.74, 6) is 0. The van der Waals surface area contributed by atoms with Crippen molar-refractivity contribution in [3.63, 3.8) is 0 Å². The quantitative estimate of drug-likeness (QED) is 0.332. The Kier molecular flexibility index (Phi) is 7.85. The summed E-state index contributed by atoms with van der Waals surface area (Å²) in [6, 6.07) is 9.02. The van der Waals surface area contributed by atoms with Crippen LogP contribution in [0.15, 0.2) is 33.8 Å². The van der Waals surface area contributed by atoms with Crippen LogP contribution in [0.2, 0.25) is 0 Å². The molecular formula is C17H25N3OS2. The van der Waals surface area contributed by atoms with E-state index in [1.165, 1.54) is 36.8 Å². The van der Waals surface area contributed by atoms with Gasteiger partial charge in [-0.15, -0.1) is 11.3 Å². The fraction of sp³-hybridized carbons (Fsp3) is 0.529. The second-order valence-electron chi connectivity index (χ2n) is 5.69. The Morgan fingerprint density at radius 3 is 2.70 bits per heavy atom. The Hall–Kier alpha value is -1.11. The van der Waals surface area contributed by atoms with Gasteiger partial charge in [0.1, 0.15) is 0 Å². The van der Waals surface area contributed by atoms with E-state index in [-0.39, 0.29) is 0 Å². The third-order valence-electron chi connectivity index (χ3n) is 3.87. The van der Waals surface area contributed by atoms with Crippen LogP contribution in [-0.2, 0) is 0 Å². The zero-order chi connectivity index (χ0) is 16.5. The van der Waals surface area contributed by atoms with Gasteiger partial charge in [0.2, 0.25) is 0 Å². The maximum atomic E-state index is 7.92. The van der Waals surface area contributed by atoms with Gasteiger partial charge in [-0.2, -0.15) is 0 Å². The molecule has 1 aliphatic rings. The van der Waals surface area contributed by atoms with Crippen molar-refractivity contribution in [1.29, 1.82) is 0 Å². The average molecular weight is 352 g/mol. The van der Waals surface area contributed by atoms with Crippen LogP contribution in [0, 0.1) is 0 Å². The normalized spacial score (nSPS) is 16.2. The summed E-state index contributed by atoms with van der Waals surface area (Å²) in [5.41, 5.74) is 1.89. The molecule has 1 saturated carbocycles. The average Bonchev–Trinajstić information content (AvgIpc) is 3.03. The molecule has 0 spiro atoms. The van der Waals surface area contributed by atoms with Crippen molar-refractivity contribution >= 4 is 39.2 Å². The molecule has 2 N–H and O–H groups in total. The van der Waals surface area contributed by atoms with Crippen molar-refractivity contribution in [2.45, 2.75) is 62.8 Å². The van der Waals surface area contributed by atoms with Gasteiger partial charge in [0.25, 0.3) is 0 Å². The molecule has 1 aromatic carbocycles. The van der Waals surface area contributed by atoms with Gasteiger partial charge < -0.3 is 5.21 Å². The van der Waals surface area contributed by atoms with Crippen LogP contribution in [0.4, 0.5) is 0 Å². The number of aromatic nitrogens is 1. The number of thiazole rings is 1. The molecule has 1 fully saturated rings.